The van der Waals surface area contributed by atoms with Gasteiger partial charge in [-0.05, 0) is 61.9 Å². The summed E-state index contributed by atoms with van der Waals surface area (Å²) in [5.74, 6) is -0.0833. The van der Waals surface area contributed by atoms with Gasteiger partial charge in [-0.1, -0.05) is 30.0 Å². The molecule has 0 saturated carbocycles. The van der Waals surface area contributed by atoms with Gasteiger partial charge in [-0.3, -0.25) is 9.59 Å². The first kappa shape index (κ1) is 25.7. The van der Waals surface area contributed by atoms with E-state index < -0.39 is 5.92 Å². The zero-order chi connectivity index (χ0) is 26.4. The number of dihydropyridines is 1. The molecule has 2 aromatic carbocycles. The number of hydrogen-bond acceptors (Lipinski definition) is 7. The van der Waals surface area contributed by atoms with E-state index >= 15 is 0 Å². The van der Waals surface area contributed by atoms with Crippen LogP contribution >= 0.6 is 11.8 Å². The van der Waals surface area contributed by atoms with Gasteiger partial charge in [-0.2, -0.15) is 5.26 Å². The van der Waals surface area contributed by atoms with E-state index in [0.717, 1.165) is 5.56 Å². The van der Waals surface area contributed by atoms with Crippen molar-refractivity contribution in [2.24, 2.45) is 0 Å². The molecule has 2 heterocycles. The fourth-order valence-electron chi connectivity index (χ4n) is 3.98. The van der Waals surface area contributed by atoms with E-state index in [-0.39, 0.29) is 17.6 Å². The van der Waals surface area contributed by atoms with Gasteiger partial charge in [0, 0.05) is 17.1 Å². The molecule has 0 bridgehead atoms. The SMILES string of the molecule is COc1ccc(NC(=O)CSC2=C(C#N)[C@H](c3ccco3)C(C(=O)Nc3ccccc3C)=C(C)N2)cc1. The summed E-state index contributed by atoms with van der Waals surface area (Å²) in [6, 6.07) is 20.2. The van der Waals surface area contributed by atoms with Crippen molar-refractivity contribution >= 4 is 35.0 Å². The number of carbonyl (C=O) groups is 2. The van der Waals surface area contributed by atoms with Crippen LogP contribution in [-0.2, 0) is 9.59 Å². The Kier molecular flexibility index (Phi) is 8.01. The Balaban J connectivity index is 1.56. The first-order valence-corrected chi connectivity index (χ1v) is 12.5. The van der Waals surface area contributed by atoms with Gasteiger partial charge < -0.3 is 25.1 Å². The number of allylic oxidation sites excluding steroid dienone is 2. The standard InChI is InChI=1S/C28H26N4O4S/c1-17-7-4-5-8-22(17)32-27(34)25-18(2)30-28(21(15-29)26(25)23-9-6-14-36-23)37-16-24(33)31-19-10-12-20(35-3)13-11-19/h4-14,26,30H,16H2,1-3H3,(H,31,33)(H,32,34)/t26-/m1/s1. The minimum absolute atomic E-state index is 0.0580. The predicted molar refractivity (Wildman–Crippen MR) is 144 cm³/mol. The lowest BCUT2D eigenvalue weighted by Crippen LogP contribution is -2.31. The average molecular weight is 515 g/mol. The van der Waals surface area contributed by atoms with Gasteiger partial charge in [0.25, 0.3) is 5.91 Å². The van der Waals surface area contributed by atoms with Gasteiger partial charge in [-0.25, -0.2) is 0 Å². The monoisotopic (exact) mass is 514 g/mol. The van der Waals surface area contributed by atoms with Gasteiger partial charge >= 0.3 is 0 Å². The molecule has 0 unspecified atom stereocenters. The quantitative estimate of drug-likeness (QED) is 0.373. The minimum Gasteiger partial charge on any atom is -0.497 e. The number of aryl methyl sites for hydroxylation is 1. The third kappa shape index (κ3) is 5.88. The number of thioether (sulfide) groups is 1. The van der Waals surface area contributed by atoms with E-state index in [9.17, 15) is 14.9 Å². The summed E-state index contributed by atoms with van der Waals surface area (Å²) < 4.78 is 10.8. The lowest BCUT2D eigenvalue weighted by Gasteiger charge is -2.28. The van der Waals surface area contributed by atoms with E-state index in [2.05, 4.69) is 22.0 Å². The molecule has 0 spiro atoms. The zero-order valence-electron chi connectivity index (χ0n) is 20.6. The second kappa shape index (κ2) is 11.5. The third-order valence-electron chi connectivity index (χ3n) is 5.83. The van der Waals surface area contributed by atoms with Gasteiger partial charge in [-0.15, -0.1) is 0 Å². The minimum atomic E-state index is -0.725. The number of hydrogen-bond donors (Lipinski definition) is 3. The van der Waals surface area contributed by atoms with Crippen LogP contribution in [0.25, 0.3) is 0 Å². The van der Waals surface area contributed by atoms with Gasteiger partial charge in [0.15, 0.2) is 0 Å². The molecule has 0 aliphatic carbocycles. The number of furan rings is 1. The van der Waals surface area contributed by atoms with Crippen LogP contribution in [0.1, 0.15) is 24.2 Å². The summed E-state index contributed by atoms with van der Waals surface area (Å²) in [4.78, 5) is 26.1. The van der Waals surface area contributed by atoms with Crippen molar-refractivity contribution < 1.29 is 18.7 Å². The zero-order valence-corrected chi connectivity index (χ0v) is 21.4. The number of amides is 2. The molecule has 1 atom stereocenters. The number of nitrogens with zero attached hydrogens (tertiary/aromatic N) is 1. The second-order valence-corrected chi connectivity index (χ2v) is 9.29. The normalized spacial score (nSPS) is 15.0. The molecule has 9 heteroatoms. The van der Waals surface area contributed by atoms with Crippen LogP contribution in [0, 0.1) is 18.3 Å². The van der Waals surface area contributed by atoms with Crippen molar-refractivity contribution in [1.82, 2.24) is 5.32 Å². The summed E-state index contributed by atoms with van der Waals surface area (Å²) in [5, 5.41) is 19.6. The number of anilines is 2. The fraction of sp³-hybridized carbons (Fsp3) is 0.179. The molecule has 3 aromatic rings. The number of nitriles is 1. The summed E-state index contributed by atoms with van der Waals surface area (Å²) >= 11 is 1.19. The Bertz CT molecular complexity index is 1400. The Morgan fingerprint density at radius 2 is 1.84 bits per heavy atom. The summed E-state index contributed by atoms with van der Waals surface area (Å²) in [5.41, 5.74) is 3.49. The van der Waals surface area contributed by atoms with Crippen molar-refractivity contribution in [3.63, 3.8) is 0 Å². The fourth-order valence-corrected chi connectivity index (χ4v) is 4.87. The maximum Gasteiger partial charge on any atom is 0.254 e. The van der Waals surface area contributed by atoms with Crippen LogP contribution in [-0.4, -0.2) is 24.7 Å². The molecule has 3 N–H and O–H groups in total. The number of benzene rings is 2. The molecule has 2 amide bonds. The largest absolute Gasteiger partial charge is 0.497 e. The molecule has 1 aliphatic rings. The number of carbonyl (C=O) groups excluding carboxylic acids is 2. The van der Waals surface area contributed by atoms with Gasteiger partial charge in [0.2, 0.25) is 5.91 Å². The molecule has 1 aliphatic heterocycles. The second-order valence-electron chi connectivity index (χ2n) is 8.30. The highest BCUT2D eigenvalue weighted by molar-refractivity contribution is 8.03. The van der Waals surface area contributed by atoms with Crippen LogP contribution in [0.4, 0.5) is 11.4 Å². The van der Waals surface area contributed by atoms with Crippen molar-refractivity contribution in [1.29, 1.82) is 5.26 Å². The van der Waals surface area contributed by atoms with Crippen molar-refractivity contribution in [2.45, 2.75) is 19.8 Å². The van der Waals surface area contributed by atoms with Crippen molar-refractivity contribution in [3.05, 3.63) is 100 Å². The Hall–Kier alpha value is -4.42. The topological polar surface area (TPSA) is 116 Å². The number of para-hydroxylation sites is 1. The number of nitrogens with one attached hydrogen (secondary N) is 3. The molecule has 1 aromatic heterocycles. The summed E-state index contributed by atoms with van der Waals surface area (Å²) in [6.45, 7) is 3.68. The maximum absolute atomic E-state index is 13.5. The third-order valence-corrected chi connectivity index (χ3v) is 6.85. The predicted octanol–water partition coefficient (Wildman–Crippen LogP) is 5.30. The first-order chi connectivity index (χ1) is 17.9. The van der Waals surface area contributed by atoms with E-state index in [1.807, 2.05) is 31.2 Å². The maximum atomic E-state index is 13.5. The van der Waals surface area contributed by atoms with E-state index in [1.54, 1.807) is 50.4 Å². The highest BCUT2D eigenvalue weighted by Crippen LogP contribution is 2.41. The van der Waals surface area contributed by atoms with Crippen LogP contribution in [0.15, 0.2) is 93.2 Å². The Labute approximate surface area is 219 Å². The van der Waals surface area contributed by atoms with E-state index in [0.29, 0.717) is 44.8 Å². The molecule has 37 heavy (non-hydrogen) atoms. The van der Waals surface area contributed by atoms with Crippen molar-refractivity contribution in [2.75, 3.05) is 23.5 Å². The highest BCUT2D eigenvalue weighted by atomic mass is 32.2. The first-order valence-electron chi connectivity index (χ1n) is 11.5. The average Bonchev–Trinajstić information content (AvgIpc) is 3.43. The summed E-state index contributed by atoms with van der Waals surface area (Å²) in [6.07, 6.45) is 1.51. The van der Waals surface area contributed by atoms with Crippen LogP contribution in [0.5, 0.6) is 5.75 Å². The molecule has 8 nitrogen and oxygen atoms in total. The molecular weight excluding hydrogens is 488 g/mol. The molecule has 188 valence electrons. The Morgan fingerprint density at radius 1 is 1.08 bits per heavy atom. The summed E-state index contributed by atoms with van der Waals surface area (Å²) in [7, 11) is 1.58. The van der Waals surface area contributed by atoms with E-state index in [4.69, 9.17) is 9.15 Å². The smallest absolute Gasteiger partial charge is 0.254 e. The van der Waals surface area contributed by atoms with Crippen LogP contribution in [0.2, 0.25) is 0 Å². The number of methoxy groups -OCH3 is 1. The van der Waals surface area contributed by atoms with Crippen molar-refractivity contribution in [3.8, 4) is 11.8 Å². The molecular formula is C28H26N4O4S. The Morgan fingerprint density at radius 3 is 2.49 bits per heavy atom. The lowest BCUT2D eigenvalue weighted by molar-refractivity contribution is -0.114. The van der Waals surface area contributed by atoms with Crippen LogP contribution < -0.4 is 20.7 Å². The molecule has 0 radical (unpaired) electrons. The van der Waals surface area contributed by atoms with E-state index in [1.165, 1.54) is 18.0 Å². The molecule has 4 rings (SSSR count). The van der Waals surface area contributed by atoms with Gasteiger partial charge in [0.1, 0.15) is 11.5 Å². The van der Waals surface area contributed by atoms with Crippen LogP contribution in [0.3, 0.4) is 0 Å². The molecule has 0 fully saturated rings. The highest BCUT2D eigenvalue weighted by Gasteiger charge is 2.36. The number of ether oxygens (including phenoxy) is 1. The molecule has 0 saturated heterocycles. The lowest BCUT2D eigenvalue weighted by atomic mass is 9.85. The van der Waals surface area contributed by atoms with Gasteiger partial charge in [0.05, 0.1) is 47.3 Å². The number of rotatable bonds is 8.